The molecule has 20 heavy (non-hydrogen) atoms. The van der Waals surface area contributed by atoms with Gasteiger partial charge in [-0.25, -0.2) is 4.98 Å². The van der Waals surface area contributed by atoms with Crippen molar-refractivity contribution in [2.75, 3.05) is 0 Å². The predicted molar refractivity (Wildman–Crippen MR) is 73.3 cm³/mol. The second-order valence-corrected chi connectivity index (χ2v) is 5.40. The Morgan fingerprint density at radius 1 is 1.55 bits per heavy atom. The van der Waals surface area contributed by atoms with Crippen LogP contribution in [-0.2, 0) is 16.1 Å². The quantitative estimate of drug-likeness (QED) is 0.798. The first-order valence-electron chi connectivity index (χ1n) is 6.71. The third-order valence-corrected chi connectivity index (χ3v) is 3.71. The minimum atomic E-state index is -0.190. The van der Waals surface area contributed by atoms with Crippen molar-refractivity contribution in [3.05, 3.63) is 46.0 Å². The first-order valence-corrected chi connectivity index (χ1v) is 6.71. The summed E-state index contributed by atoms with van der Waals surface area (Å²) in [5, 5.41) is 0. The van der Waals surface area contributed by atoms with Crippen LogP contribution in [0.3, 0.4) is 0 Å². The van der Waals surface area contributed by atoms with E-state index in [2.05, 4.69) is 4.98 Å². The molecule has 1 saturated carbocycles. The highest BCUT2D eigenvalue weighted by Crippen LogP contribution is 2.38. The average molecular weight is 272 g/mol. The van der Waals surface area contributed by atoms with Crippen molar-refractivity contribution < 1.29 is 9.53 Å². The normalized spacial score (nSPS) is 20.9. The molecule has 1 fully saturated rings. The molecule has 2 heterocycles. The molecule has 0 aliphatic heterocycles. The van der Waals surface area contributed by atoms with Gasteiger partial charge in [-0.3, -0.25) is 14.0 Å². The SMILES string of the molecule is Cc1cccn2c(=O)cc(COC(=O)[C@H]3C[C@H]3C)nc12. The van der Waals surface area contributed by atoms with E-state index in [1.807, 2.05) is 19.9 Å². The highest BCUT2D eigenvalue weighted by Gasteiger charge is 2.40. The van der Waals surface area contributed by atoms with Gasteiger partial charge in [-0.2, -0.15) is 0 Å². The van der Waals surface area contributed by atoms with Crippen molar-refractivity contribution in [3.8, 4) is 0 Å². The number of hydrogen-bond donors (Lipinski definition) is 0. The number of esters is 1. The molecule has 104 valence electrons. The van der Waals surface area contributed by atoms with E-state index in [1.54, 1.807) is 12.3 Å². The fourth-order valence-electron chi connectivity index (χ4n) is 2.29. The first kappa shape index (κ1) is 12.8. The zero-order valence-corrected chi connectivity index (χ0v) is 11.5. The van der Waals surface area contributed by atoms with Gasteiger partial charge in [0, 0.05) is 12.3 Å². The maximum absolute atomic E-state index is 12.0. The van der Waals surface area contributed by atoms with Crippen LogP contribution in [0.1, 0.15) is 24.6 Å². The second-order valence-electron chi connectivity index (χ2n) is 5.40. The highest BCUT2D eigenvalue weighted by molar-refractivity contribution is 5.75. The van der Waals surface area contributed by atoms with Crippen molar-refractivity contribution in [2.45, 2.75) is 26.9 Å². The lowest BCUT2D eigenvalue weighted by molar-refractivity contribution is -0.147. The molecule has 1 aliphatic rings. The Kier molecular flexibility index (Phi) is 3.04. The number of nitrogens with zero attached hydrogens (tertiary/aromatic N) is 2. The monoisotopic (exact) mass is 272 g/mol. The van der Waals surface area contributed by atoms with Gasteiger partial charge in [0.05, 0.1) is 11.6 Å². The van der Waals surface area contributed by atoms with Gasteiger partial charge >= 0.3 is 5.97 Å². The topological polar surface area (TPSA) is 60.7 Å². The van der Waals surface area contributed by atoms with E-state index in [0.29, 0.717) is 17.3 Å². The lowest BCUT2D eigenvalue weighted by atomic mass is 10.3. The van der Waals surface area contributed by atoms with Gasteiger partial charge in [0.1, 0.15) is 12.3 Å². The molecule has 1 aliphatic carbocycles. The van der Waals surface area contributed by atoms with Crippen LogP contribution in [0.5, 0.6) is 0 Å². The summed E-state index contributed by atoms with van der Waals surface area (Å²) in [6.45, 7) is 3.97. The Hall–Kier alpha value is -2.17. The van der Waals surface area contributed by atoms with Gasteiger partial charge < -0.3 is 4.74 Å². The molecule has 5 heteroatoms. The van der Waals surface area contributed by atoms with Gasteiger partial charge in [0.25, 0.3) is 5.56 Å². The Bertz CT molecular complexity index is 735. The Labute approximate surface area is 116 Å². The number of carbonyl (C=O) groups is 1. The zero-order valence-electron chi connectivity index (χ0n) is 11.5. The van der Waals surface area contributed by atoms with Gasteiger partial charge in [-0.15, -0.1) is 0 Å². The number of fused-ring (bicyclic) bond motifs is 1. The minimum absolute atomic E-state index is 0.0262. The molecule has 2 aromatic rings. The number of pyridine rings is 1. The molecule has 3 rings (SSSR count). The fraction of sp³-hybridized carbons (Fsp3) is 0.400. The zero-order chi connectivity index (χ0) is 14.3. The van der Waals surface area contributed by atoms with Crippen LogP contribution >= 0.6 is 0 Å². The van der Waals surface area contributed by atoms with Crippen LogP contribution in [0.15, 0.2) is 29.2 Å². The Morgan fingerprint density at radius 3 is 3.00 bits per heavy atom. The summed E-state index contributed by atoms with van der Waals surface area (Å²) in [4.78, 5) is 28.0. The molecule has 2 atom stereocenters. The number of ether oxygens (including phenoxy) is 1. The van der Waals surface area contributed by atoms with Crippen molar-refractivity contribution >= 4 is 11.6 Å². The summed E-state index contributed by atoms with van der Waals surface area (Å²) in [5.74, 6) is 0.252. The van der Waals surface area contributed by atoms with E-state index in [-0.39, 0.29) is 24.1 Å². The molecule has 0 aromatic carbocycles. The molecule has 0 saturated heterocycles. The van der Waals surface area contributed by atoms with Gasteiger partial charge in [0.2, 0.25) is 0 Å². The third-order valence-electron chi connectivity index (χ3n) is 3.71. The molecule has 0 N–H and O–H groups in total. The van der Waals surface area contributed by atoms with Crippen LogP contribution in [0.4, 0.5) is 0 Å². The minimum Gasteiger partial charge on any atom is -0.459 e. The largest absolute Gasteiger partial charge is 0.459 e. The number of hydrogen-bond acceptors (Lipinski definition) is 4. The highest BCUT2D eigenvalue weighted by atomic mass is 16.5. The smallest absolute Gasteiger partial charge is 0.309 e. The predicted octanol–water partition coefficient (Wildman–Crippen LogP) is 1.70. The molecular weight excluding hydrogens is 256 g/mol. The molecule has 2 aromatic heterocycles. The molecule has 0 bridgehead atoms. The summed E-state index contributed by atoms with van der Waals surface area (Å²) in [7, 11) is 0. The second kappa shape index (κ2) is 4.74. The molecule has 0 amide bonds. The number of carbonyl (C=O) groups excluding carboxylic acids is 1. The van der Waals surface area contributed by atoms with Gasteiger partial charge in [-0.05, 0) is 30.9 Å². The van der Waals surface area contributed by atoms with Crippen molar-refractivity contribution in [1.82, 2.24) is 9.38 Å². The maximum atomic E-state index is 12.0. The van der Waals surface area contributed by atoms with Crippen molar-refractivity contribution in [2.24, 2.45) is 11.8 Å². The van der Waals surface area contributed by atoms with Crippen molar-refractivity contribution in [3.63, 3.8) is 0 Å². The average Bonchev–Trinajstić information content (AvgIpc) is 3.14. The number of aromatic nitrogens is 2. The Balaban J connectivity index is 1.83. The fourth-order valence-corrected chi connectivity index (χ4v) is 2.29. The van der Waals surface area contributed by atoms with Crippen LogP contribution in [0.2, 0.25) is 0 Å². The number of rotatable bonds is 3. The molecule has 0 unspecified atom stereocenters. The molecule has 0 spiro atoms. The maximum Gasteiger partial charge on any atom is 0.309 e. The van der Waals surface area contributed by atoms with Crippen LogP contribution in [-0.4, -0.2) is 15.4 Å². The molecule has 0 radical (unpaired) electrons. The van der Waals surface area contributed by atoms with Gasteiger partial charge in [-0.1, -0.05) is 13.0 Å². The van der Waals surface area contributed by atoms with E-state index in [4.69, 9.17) is 4.74 Å². The lowest BCUT2D eigenvalue weighted by Gasteiger charge is -2.07. The number of aryl methyl sites for hydroxylation is 1. The summed E-state index contributed by atoms with van der Waals surface area (Å²) < 4.78 is 6.71. The van der Waals surface area contributed by atoms with Crippen LogP contribution in [0, 0.1) is 18.8 Å². The Morgan fingerprint density at radius 2 is 2.30 bits per heavy atom. The van der Waals surface area contributed by atoms with Crippen LogP contribution in [0.25, 0.3) is 5.65 Å². The lowest BCUT2D eigenvalue weighted by Crippen LogP contribution is -2.17. The van der Waals surface area contributed by atoms with E-state index >= 15 is 0 Å². The van der Waals surface area contributed by atoms with E-state index in [1.165, 1.54) is 10.5 Å². The van der Waals surface area contributed by atoms with E-state index < -0.39 is 0 Å². The van der Waals surface area contributed by atoms with E-state index in [9.17, 15) is 9.59 Å². The van der Waals surface area contributed by atoms with Gasteiger partial charge in [0.15, 0.2) is 0 Å². The summed E-state index contributed by atoms with van der Waals surface area (Å²) in [6.07, 6.45) is 2.57. The van der Waals surface area contributed by atoms with Crippen molar-refractivity contribution in [1.29, 1.82) is 0 Å². The summed E-state index contributed by atoms with van der Waals surface area (Å²) in [5.41, 5.74) is 1.84. The molecule has 5 nitrogen and oxygen atoms in total. The van der Waals surface area contributed by atoms with Crippen LogP contribution < -0.4 is 5.56 Å². The van der Waals surface area contributed by atoms with E-state index in [0.717, 1.165) is 12.0 Å². The summed E-state index contributed by atoms with van der Waals surface area (Å²) in [6, 6.07) is 5.11. The standard InChI is InChI=1S/C15H16N2O3/c1-9-4-3-5-17-13(18)7-11(16-14(9)17)8-20-15(19)12-6-10(12)2/h3-5,7,10,12H,6,8H2,1-2H3/t10-,12+/m1/s1. The molecular formula is C15H16N2O3. The third kappa shape index (κ3) is 2.31. The first-order chi connectivity index (χ1) is 9.56. The summed E-state index contributed by atoms with van der Waals surface area (Å²) >= 11 is 0.